The molecule has 5 heteroatoms. The van der Waals surface area contributed by atoms with Gasteiger partial charge < -0.3 is 10.4 Å². The molecule has 3 nitrogen and oxygen atoms in total. The van der Waals surface area contributed by atoms with Crippen LogP contribution in [0, 0.1) is 5.82 Å². The molecule has 1 aromatic carbocycles. The predicted octanol–water partition coefficient (Wildman–Crippen LogP) is 1.53. The van der Waals surface area contributed by atoms with Gasteiger partial charge in [0.05, 0.1) is 12.6 Å². The van der Waals surface area contributed by atoms with E-state index in [1.54, 1.807) is 6.07 Å². The monoisotopic (exact) mass is 302 g/mol. The maximum Gasteiger partial charge on any atom is 0.123 e. The van der Waals surface area contributed by atoms with Crippen LogP contribution in [-0.2, 0) is 0 Å². The highest BCUT2D eigenvalue weighted by molar-refractivity contribution is 9.10. The largest absolute Gasteiger partial charge is 0.394 e. The molecule has 0 radical (unpaired) electrons. The number of hydrogen-bond donors (Lipinski definition) is 2. The van der Waals surface area contributed by atoms with Gasteiger partial charge >= 0.3 is 0 Å². The van der Waals surface area contributed by atoms with Crippen molar-refractivity contribution >= 4 is 15.9 Å². The zero-order valence-electron chi connectivity index (χ0n) is 9.50. The van der Waals surface area contributed by atoms with Gasteiger partial charge in [-0.15, -0.1) is 0 Å². The first-order valence-corrected chi connectivity index (χ1v) is 6.52. The Balaban J connectivity index is 2.24. The third-order valence-electron chi connectivity index (χ3n) is 3.08. The average Bonchev–Trinajstić information content (AvgIpc) is 2.36. The summed E-state index contributed by atoms with van der Waals surface area (Å²) in [4.78, 5) is 2.18. The van der Waals surface area contributed by atoms with E-state index in [0.717, 1.165) is 36.2 Å². The summed E-state index contributed by atoms with van der Waals surface area (Å²) >= 11 is 3.42. The normalized spacial score (nSPS) is 19.2. The van der Waals surface area contributed by atoms with E-state index in [0.29, 0.717) is 0 Å². The molecule has 1 aliphatic rings. The minimum Gasteiger partial charge on any atom is -0.394 e. The van der Waals surface area contributed by atoms with Crippen LogP contribution in [0.1, 0.15) is 11.6 Å². The Kier molecular flexibility index (Phi) is 4.50. The molecule has 1 aliphatic heterocycles. The molecule has 0 spiro atoms. The summed E-state index contributed by atoms with van der Waals surface area (Å²) in [6.07, 6.45) is 0. The molecule has 1 atom stereocenters. The number of rotatable bonds is 3. The molecule has 1 aromatic rings. The van der Waals surface area contributed by atoms with Gasteiger partial charge in [-0.1, -0.05) is 15.9 Å². The third kappa shape index (κ3) is 3.04. The molecule has 1 heterocycles. The van der Waals surface area contributed by atoms with Crippen LogP contribution < -0.4 is 5.32 Å². The molecule has 0 aliphatic carbocycles. The molecular formula is C12H16BrFN2O. The van der Waals surface area contributed by atoms with Crippen LogP contribution in [0.5, 0.6) is 0 Å². The fourth-order valence-corrected chi connectivity index (χ4v) is 2.69. The highest BCUT2D eigenvalue weighted by atomic mass is 79.9. The maximum absolute atomic E-state index is 13.3. The first-order valence-electron chi connectivity index (χ1n) is 5.73. The standard InChI is InChI=1S/C12H16BrFN2O/c13-11-2-1-9(14)7-10(11)12(8-17)16-5-3-15-4-6-16/h1-2,7,12,15,17H,3-6,8H2. The number of halogens is 2. The zero-order valence-corrected chi connectivity index (χ0v) is 11.1. The quantitative estimate of drug-likeness (QED) is 0.889. The lowest BCUT2D eigenvalue weighted by Gasteiger charge is -2.34. The first kappa shape index (κ1) is 13.0. The molecule has 94 valence electrons. The van der Waals surface area contributed by atoms with Crippen LogP contribution in [0.25, 0.3) is 0 Å². The molecule has 2 rings (SSSR count). The summed E-state index contributed by atoms with van der Waals surface area (Å²) in [5, 5.41) is 12.8. The van der Waals surface area contributed by atoms with E-state index in [4.69, 9.17) is 0 Å². The number of nitrogens with one attached hydrogen (secondary N) is 1. The van der Waals surface area contributed by atoms with Crippen LogP contribution in [0.2, 0.25) is 0 Å². The lowest BCUT2D eigenvalue weighted by Crippen LogP contribution is -2.46. The molecule has 1 fully saturated rings. The van der Waals surface area contributed by atoms with Gasteiger partial charge in [0.2, 0.25) is 0 Å². The summed E-state index contributed by atoms with van der Waals surface area (Å²) in [5.74, 6) is -0.267. The second-order valence-electron chi connectivity index (χ2n) is 4.15. The Hall–Kier alpha value is -0.490. The second-order valence-corrected chi connectivity index (χ2v) is 5.00. The van der Waals surface area contributed by atoms with Gasteiger partial charge in [-0.2, -0.15) is 0 Å². The van der Waals surface area contributed by atoms with Crippen molar-refractivity contribution in [3.8, 4) is 0 Å². The molecule has 0 bridgehead atoms. The van der Waals surface area contributed by atoms with Gasteiger partial charge in [0.1, 0.15) is 5.82 Å². The van der Waals surface area contributed by atoms with Crippen molar-refractivity contribution in [3.63, 3.8) is 0 Å². The Morgan fingerprint density at radius 3 is 2.76 bits per heavy atom. The first-order chi connectivity index (χ1) is 8.22. The summed E-state index contributed by atoms with van der Waals surface area (Å²) in [5.41, 5.74) is 0.814. The van der Waals surface area contributed by atoms with E-state index in [1.165, 1.54) is 12.1 Å². The predicted molar refractivity (Wildman–Crippen MR) is 68.4 cm³/mol. The van der Waals surface area contributed by atoms with Gasteiger partial charge in [-0.3, -0.25) is 4.90 Å². The zero-order chi connectivity index (χ0) is 12.3. The van der Waals surface area contributed by atoms with Crippen molar-refractivity contribution in [2.45, 2.75) is 6.04 Å². The molecule has 2 N–H and O–H groups in total. The summed E-state index contributed by atoms with van der Waals surface area (Å²) in [6, 6.07) is 4.46. The Morgan fingerprint density at radius 2 is 2.12 bits per heavy atom. The van der Waals surface area contributed by atoms with E-state index < -0.39 is 0 Å². The van der Waals surface area contributed by atoms with Crippen LogP contribution in [0.15, 0.2) is 22.7 Å². The van der Waals surface area contributed by atoms with Crippen molar-refractivity contribution in [2.75, 3.05) is 32.8 Å². The van der Waals surface area contributed by atoms with Crippen LogP contribution in [0.4, 0.5) is 4.39 Å². The highest BCUT2D eigenvalue weighted by Crippen LogP contribution is 2.28. The van der Waals surface area contributed by atoms with Gasteiger partial charge in [-0.05, 0) is 23.8 Å². The smallest absolute Gasteiger partial charge is 0.123 e. The minimum atomic E-state index is -0.267. The van der Waals surface area contributed by atoms with Crippen molar-refractivity contribution in [1.82, 2.24) is 10.2 Å². The molecular weight excluding hydrogens is 287 g/mol. The molecule has 1 unspecified atom stereocenters. The maximum atomic E-state index is 13.3. The third-order valence-corrected chi connectivity index (χ3v) is 3.80. The molecule has 0 saturated carbocycles. The fraction of sp³-hybridized carbons (Fsp3) is 0.500. The topological polar surface area (TPSA) is 35.5 Å². The average molecular weight is 303 g/mol. The lowest BCUT2D eigenvalue weighted by molar-refractivity contribution is 0.110. The molecule has 0 aromatic heterocycles. The number of hydrogen-bond acceptors (Lipinski definition) is 3. The van der Waals surface area contributed by atoms with E-state index >= 15 is 0 Å². The van der Waals surface area contributed by atoms with Gasteiger partial charge in [0.15, 0.2) is 0 Å². The van der Waals surface area contributed by atoms with Gasteiger partial charge in [0.25, 0.3) is 0 Å². The Bertz CT molecular complexity index is 383. The van der Waals surface area contributed by atoms with E-state index in [9.17, 15) is 9.50 Å². The van der Waals surface area contributed by atoms with E-state index in [-0.39, 0.29) is 18.5 Å². The number of nitrogens with zero attached hydrogens (tertiary/aromatic N) is 1. The van der Waals surface area contributed by atoms with Crippen molar-refractivity contribution in [3.05, 3.63) is 34.1 Å². The molecule has 0 amide bonds. The van der Waals surface area contributed by atoms with Gasteiger partial charge in [0, 0.05) is 30.7 Å². The number of aliphatic hydroxyl groups excluding tert-OH is 1. The summed E-state index contributed by atoms with van der Waals surface area (Å²) in [6.45, 7) is 3.55. The SMILES string of the molecule is OCC(c1cc(F)ccc1Br)N1CCNCC1. The van der Waals surface area contributed by atoms with E-state index in [2.05, 4.69) is 26.1 Å². The van der Waals surface area contributed by atoms with Crippen molar-refractivity contribution < 1.29 is 9.50 Å². The Morgan fingerprint density at radius 1 is 1.41 bits per heavy atom. The summed E-state index contributed by atoms with van der Waals surface area (Å²) < 4.78 is 14.1. The number of benzene rings is 1. The second kappa shape index (κ2) is 5.91. The van der Waals surface area contributed by atoms with Crippen molar-refractivity contribution in [1.29, 1.82) is 0 Å². The molecule has 1 saturated heterocycles. The Labute approximate surface area is 109 Å². The van der Waals surface area contributed by atoms with Crippen LogP contribution in [-0.4, -0.2) is 42.8 Å². The number of piperazine rings is 1. The van der Waals surface area contributed by atoms with E-state index in [1.807, 2.05) is 0 Å². The summed E-state index contributed by atoms with van der Waals surface area (Å²) in [7, 11) is 0. The fourth-order valence-electron chi connectivity index (χ4n) is 2.17. The molecule has 17 heavy (non-hydrogen) atoms. The van der Waals surface area contributed by atoms with Crippen molar-refractivity contribution in [2.24, 2.45) is 0 Å². The van der Waals surface area contributed by atoms with Crippen LogP contribution >= 0.6 is 15.9 Å². The minimum absolute atomic E-state index is 0.00204. The van der Waals surface area contributed by atoms with Gasteiger partial charge in [-0.25, -0.2) is 4.39 Å². The van der Waals surface area contributed by atoms with Crippen LogP contribution in [0.3, 0.4) is 0 Å². The lowest BCUT2D eigenvalue weighted by atomic mass is 10.1. The highest BCUT2D eigenvalue weighted by Gasteiger charge is 2.23. The number of aliphatic hydroxyl groups is 1.